The molecule has 5 nitrogen and oxygen atoms in total. The van der Waals surface area contributed by atoms with Crippen LogP contribution in [0.3, 0.4) is 0 Å². The summed E-state index contributed by atoms with van der Waals surface area (Å²) in [6.07, 6.45) is -2.12. The molecule has 0 aromatic heterocycles. The average Bonchev–Trinajstić information content (AvgIpc) is 2.70. The Bertz CT molecular complexity index is 734. The molecule has 4 N–H and O–H groups in total. The molecule has 1 aliphatic heterocycles. The maximum absolute atomic E-state index is 10.3. The lowest BCUT2D eigenvalue weighted by Gasteiger charge is -2.39. The van der Waals surface area contributed by atoms with E-state index in [1.807, 2.05) is 24.3 Å². The van der Waals surface area contributed by atoms with Crippen LogP contribution in [0.15, 0.2) is 48.5 Å². The number of hydrogen-bond acceptors (Lipinski definition) is 6. The molecule has 1 aliphatic rings. The molecule has 0 bridgehead atoms. The predicted molar refractivity (Wildman–Crippen MR) is 106 cm³/mol. The third-order valence-electron chi connectivity index (χ3n) is 4.89. The van der Waals surface area contributed by atoms with Crippen LogP contribution in [-0.2, 0) is 12.8 Å². The monoisotopic (exact) mass is 390 g/mol. The highest BCUT2D eigenvalue weighted by atomic mass is 32.2. The van der Waals surface area contributed by atoms with E-state index in [1.54, 1.807) is 0 Å². The molecule has 2 aromatic carbocycles. The highest BCUT2D eigenvalue weighted by Crippen LogP contribution is 2.35. The van der Waals surface area contributed by atoms with Gasteiger partial charge in [-0.05, 0) is 29.2 Å². The highest BCUT2D eigenvalue weighted by molar-refractivity contribution is 8.00. The number of aliphatic hydroxyl groups is 4. The molecule has 3 rings (SSSR count). The first-order valence-corrected chi connectivity index (χ1v) is 10.1. The van der Waals surface area contributed by atoms with Crippen molar-refractivity contribution < 1.29 is 25.2 Å². The summed E-state index contributed by atoms with van der Waals surface area (Å²) in [5, 5.41) is 39.1. The van der Waals surface area contributed by atoms with E-state index in [1.165, 1.54) is 5.56 Å². The van der Waals surface area contributed by atoms with Crippen LogP contribution >= 0.6 is 11.8 Å². The number of para-hydroxylation sites is 1. The van der Waals surface area contributed by atoms with Gasteiger partial charge in [-0.3, -0.25) is 0 Å². The van der Waals surface area contributed by atoms with Gasteiger partial charge in [-0.1, -0.05) is 49.4 Å². The van der Waals surface area contributed by atoms with Gasteiger partial charge in [-0.15, -0.1) is 11.8 Å². The first kappa shape index (κ1) is 20.2. The Morgan fingerprint density at radius 3 is 2.22 bits per heavy atom. The van der Waals surface area contributed by atoms with Gasteiger partial charge in [0.05, 0.1) is 18.0 Å². The smallest absolute Gasteiger partial charge is 0.173 e. The van der Waals surface area contributed by atoms with E-state index >= 15 is 0 Å². The first-order valence-electron chi connectivity index (χ1n) is 9.16. The fourth-order valence-electron chi connectivity index (χ4n) is 3.17. The van der Waals surface area contributed by atoms with Gasteiger partial charge in [0, 0.05) is 6.42 Å². The molecule has 0 saturated carbocycles. The summed E-state index contributed by atoms with van der Waals surface area (Å²) in [5.74, 6) is 0.619. The molecule has 0 radical (unpaired) electrons. The van der Waals surface area contributed by atoms with Crippen LogP contribution in [-0.4, -0.2) is 56.0 Å². The quantitative estimate of drug-likeness (QED) is 0.601. The summed E-state index contributed by atoms with van der Waals surface area (Å²) in [7, 11) is 0. The van der Waals surface area contributed by atoms with Crippen molar-refractivity contribution in [3.63, 3.8) is 0 Å². The number of aliphatic hydroxyl groups excluding tert-OH is 4. The van der Waals surface area contributed by atoms with Gasteiger partial charge < -0.3 is 25.2 Å². The predicted octanol–water partition coefficient (Wildman–Crippen LogP) is 1.74. The van der Waals surface area contributed by atoms with Crippen molar-refractivity contribution in [1.29, 1.82) is 0 Å². The average molecular weight is 391 g/mol. The minimum atomic E-state index is -1.36. The van der Waals surface area contributed by atoms with Gasteiger partial charge in [-0.2, -0.15) is 0 Å². The molecule has 5 atom stereocenters. The summed E-state index contributed by atoms with van der Waals surface area (Å²) < 4.78 is 6.00. The number of aryl methyl sites for hydroxylation is 1. The Morgan fingerprint density at radius 1 is 0.889 bits per heavy atom. The van der Waals surface area contributed by atoms with Crippen molar-refractivity contribution in [2.24, 2.45) is 0 Å². The summed E-state index contributed by atoms with van der Waals surface area (Å²) in [4.78, 5) is 0. The number of thioether (sulfide) groups is 1. The molecule has 146 valence electrons. The Balaban J connectivity index is 1.77. The van der Waals surface area contributed by atoms with Crippen molar-refractivity contribution in [3.05, 3.63) is 65.2 Å². The second-order valence-corrected chi connectivity index (χ2v) is 8.11. The Morgan fingerprint density at radius 2 is 1.56 bits per heavy atom. The van der Waals surface area contributed by atoms with E-state index < -0.39 is 29.0 Å². The van der Waals surface area contributed by atoms with Crippen LogP contribution in [0.25, 0.3) is 0 Å². The zero-order chi connectivity index (χ0) is 19.4. The molecule has 0 aliphatic carbocycles. The normalized spacial score (nSPS) is 28.1. The van der Waals surface area contributed by atoms with E-state index in [2.05, 4.69) is 31.2 Å². The van der Waals surface area contributed by atoms with Gasteiger partial charge in [0.15, 0.2) is 5.44 Å². The minimum Gasteiger partial charge on any atom is -0.477 e. The molecular weight excluding hydrogens is 364 g/mol. The molecule has 6 heteroatoms. The molecule has 1 heterocycles. The molecule has 2 aromatic rings. The maximum atomic E-state index is 10.3. The van der Waals surface area contributed by atoms with Gasteiger partial charge >= 0.3 is 0 Å². The van der Waals surface area contributed by atoms with E-state index in [0.29, 0.717) is 12.2 Å². The summed E-state index contributed by atoms with van der Waals surface area (Å²) in [5.41, 5.74) is 2.64. The summed E-state index contributed by atoms with van der Waals surface area (Å²) in [6, 6.07) is 16.0. The van der Waals surface area contributed by atoms with Crippen LogP contribution in [0, 0.1) is 0 Å². The van der Waals surface area contributed by atoms with Crippen molar-refractivity contribution in [2.45, 2.75) is 48.8 Å². The van der Waals surface area contributed by atoms with Crippen molar-refractivity contribution in [1.82, 2.24) is 0 Å². The Kier molecular flexibility index (Phi) is 6.78. The molecule has 1 saturated heterocycles. The second kappa shape index (κ2) is 9.08. The van der Waals surface area contributed by atoms with Gasteiger partial charge in [0.25, 0.3) is 0 Å². The lowest BCUT2D eigenvalue weighted by Crippen LogP contribution is -2.55. The Hall–Kier alpha value is -1.57. The third kappa shape index (κ3) is 4.65. The SMILES string of the molecule is CCc1ccc(Cc2ccccc2OC2SC(CO)C(O)C(O)C2O)cc1. The topological polar surface area (TPSA) is 90.2 Å². The van der Waals surface area contributed by atoms with Crippen LogP contribution in [0.4, 0.5) is 0 Å². The van der Waals surface area contributed by atoms with Crippen molar-refractivity contribution >= 4 is 11.8 Å². The second-order valence-electron chi connectivity index (χ2n) is 6.77. The number of ether oxygens (including phenoxy) is 1. The minimum absolute atomic E-state index is 0.305. The van der Waals surface area contributed by atoms with E-state index in [-0.39, 0.29) is 6.61 Å². The van der Waals surface area contributed by atoms with Gasteiger partial charge in [-0.25, -0.2) is 0 Å². The molecule has 0 spiro atoms. The highest BCUT2D eigenvalue weighted by Gasteiger charge is 2.44. The van der Waals surface area contributed by atoms with Gasteiger partial charge in [0.2, 0.25) is 0 Å². The Labute approximate surface area is 163 Å². The van der Waals surface area contributed by atoms with Crippen LogP contribution in [0.1, 0.15) is 23.6 Å². The van der Waals surface area contributed by atoms with E-state index in [4.69, 9.17) is 4.74 Å². The van der Waals surface area contributed by atoms with Gasteiger partial charge in [0.1, 0.15) is 18.0 Å². The lowest BCUT2D eigenvalue weighted by atomic mass is 10.0. The van der Waals surface area contributed by atoms with Crippen molar-refractivity contribution in [2.75, 3.05) is 6.61 Å². The van der Waals surface area contributed by atoms with Crippen molar-refractivity contribution in [3.8, 4) is 5.75 Å². The largest absolute Gasteiger partial charge is 0.477 e. The molecule has 0 amide bonds. The van der Waals surface area contributed by atoms with Crippen LogP contribution in [0.5, 0.6) is 5.75 Å². The molecule has 5 unspecified atom stereocenters. The summed E-state index contributed by atoms with van der Waals surface area (Å²) in [6.45, 7) is 1.82. The maximum Gasteiger partial charge on any atom is 0.173 e. The first-order chi connectivity index (χ1) is 13.0. The number of hydrogen-bond donors (Lipinski definition) is 4. The fourth-order valence-corrected chi connectivity index (χ4v) is 4.40. The van der Waals surface area contributed by atoms with E-state index in [0.717, 1.165) is 29.3 Å². The third-order valence-corrected chi connectivity index (χ3v) is 6.31. The zero-order valence-electron chi connectivity index (χ0n) is 15.2. The molecule has 1 fully saturated rings. The van der Waals surface area contributed by atoms with Crippen LogP contribution in [0.2, 0.25) is 0 Å². The molecular formula is C21H26O5S. The number of benzene rings is 2. The zero-order valence-corrected chi connectivity index (χ0v) is 16.0. The van der Waals surface area contributed by atoms with Crippen LogP contribution < -0.4 is 4.74 Å². The standard InChI is InChI=1S/C21H26O5S/c1-2-13-7-9-14(10-8-13)11-15-5-3-4-6-16(15)26-21-20(25)19(24)18(23)17(12-22)27-21/h3-10,17-25H,2,11-12H2,1H3. The summed E-state index contributed by atoms with van der Waals surface area (Å²) >= 11 is 1.13. The molecule has 27 heavy (non-hydrogen) atoms. The lowest BCUT2D eigenvalue weighted by molar-refractivity contribution is -0.0910. The fraction of sp³-hybridized carbons (Fsp3) is 0.429. The van der Waals surface area contributed by atoms with E-state index in [9.17, 15) is 20.4 Å². The number of rotatable bonds is 6.